The standard InChI is InChI=1S/C12H17BBrNO3/c1-11(2)12(3,4)18-13(17-11)8-6-9(16-5)10(14)15-7-8/h6-7H,1-5H3. The van der Waals surface area contributed by atoms with Gasteiger partial charge in [-0.05, 0) is 49.7 Å². The number of halogens is 1. The summed E-state index contributed by atoms with van der Waals surface area (Å²) in [4.78, 5) is 4.22. The van der Waals surface area contributed by atoms with E-state index < -0.39 is 7.12 Å². The average Bonchev–Trinajstić information content (AvgIpc) is 2.49. The van der Waals surface area contributed by atoms with E-state index in [9.17, 15) is 0 Å². The monoisotopic (exact) mass is 313 g/mol. The largest absolute Gasteiger partial charge is 0.496 e. The maximum Gasteiger partial charge on any atom is 0.496 e. The minimum absolute atomic E-state index is 0.349. The van der Waals surface area contributed by atoms with E-state index >= 15 is 0 Å². The molecule has 1 aromatic rings. The van der Waals surface area contributed by atoms with Crippen molar-refractivity contribution in [2.75, 3.05) is 7.11 Å². The van der Waals surface area contributed by atoms with E-state index in [1.807, 2.05) is 33.8 Å². The second kappa shape index (κ2) is 4.51. The van der Waals surface area contributed by atoms with Crippen LogP contribution < -0.4 is 10.2 Å². The highest BCUT2D eigenvalue weighted by Crippen LogP contribution is 2.36. The van der Waals surface area contributed by atoms with Crippen LogP contribution >= 0.6 is 15.9 Å². The smallest absolute Gasteiger partial charge is 0.494 e. The van der Waals surface area contributed by atoms with Gasteiger partial charge >= 0.3 is 7.12 Å². The van der Waals surface area contributed by atoms with Crippen LogP contribution in [0.5, 0.6) is 5.75 Å². The van der Waals surface area contributed by atoms with Crippen molar-refractivity contribution in [2.24, 2.45) is 0 Å². The molecule has 0 bridgehead atoms. The Bertz CT molecular complexity index is 449. The molecule has 0 N–H and O–H groups in total. The lowest BCUT2D eigenvalue weighted by Gasteiger charge is -2.32. The molecule has 1 aromatic heterocycles. The van der Waals surface area contributed by atoms with Gasteiger partial charge in [0.2, 0.25) is 0 Å². The predicted octanol–water partition coefficient (Wildman–Crippen LogP) is 2.15. The van der Waals surface area contributed by atoms with Crippen LogP contribution in [-0.2, 0) is 9.31 Å². The van der Waals surface area contributed by atoms with E-state index in [4.69, 9.17) is 14.0 Å². The molecule has 6 heteroatoms. The summed E-state index contributed by atoms with van der Waals surface area (Å²) in [5.74, 6) is 0.669. The summed E-state index contributed by atoms with van der Waals surface area (Å²) in [5, 5.41) is 0. The molecule has 0 spiro atoms. The fourth-order valence-electron chi connectivity index (χ4n) is 1.69. The van der Waals surface area contributed by atoms with Crippen LogP contribution in [0.2, 0.25) is 0 Å². The van der Waals surface area contributed by atoms with Crippen LogP contribution in [-0.4, -0.2) is 30.4 Å². The van der Waals surface area contributed by atoms with Crippen LogP contribution in [0.1, 0.15) is 27.7 Å². The molecule has 98 valence electrons. The Morgan fingerprint density at radius 1 is 1.22 bits per heavy atom. The van der Waals surface area contributed by atoms with E-state index in [0.29, 0.717) is 10.4 Å². The Morgan fingerprint density at radius 3 is 2.28 bits per heavy atom. The molecule has 4 nitrogen and oxygen atoms in total. The normalized spacial score (nSPS) is 21.1. The Labute approximate surface area is 116 Å². The van der Waals surface area contributed by atoms with Crippen molar-refractivity contribution >= 4 is 28.5 Å². The molecule has 0 unspecified atom stereocenters. The Balaban J connectivity index is 2.30. The lowest BCUT2D eigenvalue weighted by atomic mass is 9.80. The topological polar surface area (TPSA) is 40.6 Å². The fourth-order valence-corrected chi connectivity index (χ4v) is 2.07. The zero-order chi connectivity index (χ0) is 13.6. The van der Waals surface area contributed by atoms with E-state index in [1.54, 1.807) is 13.3 Å². The zero-order valence-corrected chi connectivity index (χ0v) is 12.9. The molecule has 1 saturated heterocycles. The minimum Gasteiger partial charge on any atom is -0.494 e. The summed E-state index contributed by atoms with van der Waals surface area (Å²) in [6.45, 7) is 8.10. The van der Waals surface area contributed by atoms with Crippen LogP contribution in [0.25, 0.3) is 0 Å². The first-order valence-corrected chi connectivity index (χ1v) is 6.61. The zero-order valence-electron chi connectivity index (χ0n) is 11.3. The summed E-state index contributed by atoms with van der Waals surface area (Å²) in [6.07, 6.45) is 1.73. The molecule has 0 aromatic carbocycles. The molecule has 0 radical (unpaired) electrons. The molecule has 1 aliphatic rings. The molecular weight excluding hydrogens is 297 g/mol. The summed E-state index contributed by atoms with van der Waals surface area (Å²) in [6, 6.07) is 1.87. The molecule has 18 heavy (non-hydrogen) atoms. The third kappa shape index (κ3) is 2.29. The van der Waals surface area contributed by atoms with Gasteiger partial charge in [-0.1, -0.05) is 0 Å². The molecule has 2 rings (SSSR count). The second-order valence-corrected chi connectivity index (χ2v) is 6.10. The Kier molecular flexibility index (Phi) is 3.47. The summed E-state index contributed by atoms with van der Waals surface area (Å²) >= 11 is 3.33. The first-order chi connectivity index (χ1) is 8.27. The van der Waals surface area contributed by atoms with Crippen molar-refractivity contribution in [3.8, 4) is 5.75 Å². The first-order valence-electron chi connectivity index (χ1n) is 5.82. The van der Waals surface area contributed by atoms with Gasteiger partial charge in [0.25, 0.3) is 0 Å². The molecular formula is C12H17BBrNO3. The highest BCUT2D eigenvalue weighted by molar-refractivity contribution is 9.10. The van der Waals surface area contributed by atoms with Gasteiger partial charge in [-0.15, -0.1) is 0 Å². The lowest BCUT2D eigenvalue weighted by Crippen LogP contribution is -2.41. The van der Waals surface area contributed by atoms with Gasteiger partial charge in [0.15, 0.2) is 5.75 Å². The molecule has 1 fully saturated rings. The van der Waals surface area contributed by atoms with Crippen molar-refractivity contribution < 1.29 is 14.0 Å². The summed E-state index contributed by atoms with van der Waals surface area (Å²) < 4.78 is 17.8. The van der Waals surface area contributed by atoms with E-state index in [1.165, 1.54) is 0 Å². The number of rotatable bonds is 2. The molecule has 1 aliphatic heterocycles. The number of nitrogens with zero attached hydrogens (tertiary/aromatic N) is 1. The van der Waals surface area contributed by atoms with Crippen LogP contribution in [0.15, 0.2) is 16.9 Å². The fraction of sp³-hybridized carbons (Fsp3) is 0.583. The summed E-state index contributed by atoms with van der Waals surface area (Å²) in [5.41, 5.74) is 0.157. The van der Waals surface area contributed by atoms with Gasteiger partial charge in [-0.25, -0.2) is 4.98 Å². The van der Waals surface area contributed by atoms with Crippen molar-refractivity contribution in [1.82, 2.24) is 4.98 Å². The van der Waals surface area contributed by atoms with E-state index in [2.05, 4.69) is 20.9 Å². The van der Waals surface area contributed by atoms with Gasteiger partial charge in [0.05, 0.1) is 18.3 Å². The Morgan fingerprint density at radius 2 is 1.78 bits per heavy atom. The number of hydrogen-bond donors (Lipinski definition) is 0. The van der Waals surface area contributed by atoms with Crippen LogP contribution in [0, 0.1) is 0 Å². The third-order valence-corrected chi connectivity index (χ3v) is 4.17. The number of aromatic nitrogens is 1. The van der Waals surface area contributed by atoms with E-state index in [-0.39, 0.29) is 11.2 Å². The summed E-state index contributed by atoms with van der Waals surface area (Å²) in [7, 11) is 1.19. The maximum absolute atomic E-state index is 5.96. The number of methoxy groups -OCH3 is 1. The lowest BCUT2D eigenvalue weighted by molar-refractivity contribution is 0.00578. The third-order valence-electron chi connectivity index (χ3n) is 3.57. The number of pyridine rings is 1. The quantitative estimate of drug-likeness (QED) is 0.619. The second-order valence-electron chi connectivity index (χ2n) is 5.35. The Hall–Kier alpha value is -0.585. The molecule has 0 aliphatic carbocycles. The van der Waals surface area contributed by atoms with Crippen molar-refractivity contribution in [3.63, 3.8) is 0 Å². The van der Waals surface area contributed by atoms with Crippen molar-refractivity contribution in [2.45, 2.75) is 38.9 Å². The maximum atomic E-state index is 5.96. The van der Waals surface area contributed by atoms with Crippen LogP contribution in [0.4, 0.5) is 0 Å². The van der Waals surface area contributed by atoms with Crippen molar-refractivity contribution in [1.29, 1.82) is 0 Å². The number of ether oxygens (including phenoxy) is 1. The molecule has 2 heterocycles. The predicted molar refractivity (Wildman–Crippen MR) is 74.2 cm³/mol. The molecule has 0 amide bonds. The van der Waals surface area contributed by atoms with Crippen molar-refractivity contribution in [3.05, 3.63) is 16.9 Å². The van der Waals surface area contributed by atoms with Gasteiger partial charge in [0.1, 0.15) is 4.60 Å². The SMILES string of the molecule is COc1cc(B2OC(C)(C)C(C)(C)O2)cnc1Br. The minimum atomic E-state index is -0.413. The highest BCUT2D eigenvalue weighted by atomic mass is 79.9. The van der Waals surface area contributed by atoms with Gasteiger partial charge in [0, 0.05) is 11.7 Å². The van der Waals surface area contributed by atoms with Gasteiger partial charge < -0.3 is 14.0 Å². The molecule has 0 atom stereocenters. The van der Waals surface area contributed by atoms with Gasteiger partial charge in [-0.3, -0.25) is 0 Å². The van der Waals surface area contributed by atoms with Gasteiger partial charge in [-0.2, -0.15) is 0 Å². The van der Waals surface area contributed by atoms with Crippen LogP contribution in [0.3, 0.4) is 0 Å². The molecule has 0 saturated carbocycles. The number of hydrogen-bond acceptors (Lipinski definition) is 4. The van der Waals surface area contributed by atoms with E-state index in [0.717, 1.165) is 5.46 Å². The highest BCUT2D eigenvalue weighted by Gasteiger charge is 2.51. The first kappa shape index (κ1) is 13.8. The average molecular weight is 314 g/mol.